The van der Waals surface area contributed by atoms with Gasteiger partial charge in [0.15, 0.2) is 59.5 Å². The predicted molar refractivity (Wildman–Crippen MR) is 249 cm³/mol. The van der Waals surface area contributed by atoms with Crippen molar-refractivity contribution in [2.24, 2.45) is 0 Å². The van der Waals surface area contributed by atoms with Crippen LogP contribution in [-0.2, 0) is 33.4 Å². The van der Waals surface area contributed by atoms with Crippen LogP contribution in [-0.4, -0.2) is 97.1 Å². The highest BCUT2D eigenvalue weighted by molar-refractivity contribution is 14.2. The van der Waals surface area contributed by atoms with E-state index in [4.69, 9.17) is 51.6 Å². The third kappa shape index (κ3) is 18.2. The van der Waals surface area contributed by atoms with Crippen LogP contribution in [0.25, 0.3) is 0 Å². The van der Waals surface area contributed by atoms with Crippen LogP contribution in [0.1, 0.15) is 33.6 Å². The van der Waals surface area contributed by atoms with E-state index in [1.54, 1.807) is 25.2 Å². The molecule has 1 fully saturated rings. The number of carbonyl (C=O) groups is 6. The maximum Gasteiger partial charge on any atom is 0.450 e. The fourth-order valence-corrected chi connectivity index (χ4v) is 5.32. The number of ether oxygens (including phenoxy) is 6. The zero-order valence-electron chi connectivity index (χ0n) is 36.3. The largest absolute Gasteiger partial charge is 0.478 e. The number of carbonyl (C=O) groups excluding carboxylic acids is 6. The first-order valence-corrected chi connectivity index (χ1v) is 22.8. The molecule has 0 spiro atoms. The monoisotopic (exact) mass is 1280 g/mol. The first-order valence-electron chi connectivity index (χ1n) is 19.5. The van der Waals surface area contributed by atoms with E-state index in [0.717, 1.165) is 1.93 Å². The molecule has 3 N–H and O–H groups in total. The van der Waals surface area contributed by atoms with E-state index in [2.05, 4.69) is 62.1 Å². The Morgan fingerprint density at radius 2 is 1.24 bits per heavy atom. The number of halogens is 12. The zero-order valence-corrected chi connectivity index (χ0v) is 42.1. The summed E-state index contributed by atoms with van der Waals surface area (Å²) in [6, 6.07) is 11.3. The van der Waals surface area contributed by atoms with Crippen LogP contribution in [0.4, 0.5) is 51.6 Å². The first-order chi connectivity index (χ1) is 33.1. The molecule has 30 heteroatoms. The summed E-state index contributed by atoms with van der Waals surface area (Å²) in [5.41, 5.74) is -3.84. The molecule has 0 bridgehead atoms. The predicted octanol–water partition coefficient (Wildman–Crippen LogP) is 9.58. The van der Waals surface area contributed by atoms with Gasteiger partial charge in [0.2, 0.25) is 35.1 Å². The summed E-state index contributed by atoms with van der Waals surface area (Å²) in [6.07, 6.45) is -13.8. The van der Waals surface area contributed by atoms with Gasteiger partial charge in [-0.05, 0) is 45.0 Å². The Labute approximate surface area is 433 Å². The number of nitrogens with zero attached hydrogens (tertiary/aromatic N) is 3. The molecule has 1 unspecified atom stereocenters. The second-order valence-corrected chi connectivity index (χ2v) is 20.3. The van der Waals surface area contributed by atoms with Crippen LogP contribution in [0.15, 0.2) is 60.7 Å². The lowest BCUT2D eigenvalue weighted by Gasteiger charge is -2.37. The summed E-state index contributed by atoms with van der Waals surface area (Å²) in [6.45, 7) is 4.72. The van der Waals surface area contributed by atoms with Gasteiger partial charge in [0.25, 0.3) is 0 Å². The molecule has 4 amide bonds. The summed E-state index contributed by atoms with van der Waals surface area (Å²) in [7, 11) is 0. The number of para-hydroxylation sites is 4. The molecule has 0 radical (unpaired) electrons. The molecule has 3 heterocycles. The molecule has 71 heavy (non-hydrogen) atoms. The Kier molecular flexibility index (Phi) is 22.5. The normalized spacial score (nSPS) is 14.4. The van der Waals surface area contributed by atoms with Gasteiger partial charge in [-0.1, -0.05) is 92.6 Å². The molecule has 1 aliphatic rings. The lowest BCUT2D eigenvalue weighted by atomic mass is 10.1. The number of imide groups is 1. The molecule has 2 aromatic carbocycles. The minimum Gasteiger partial charge on any atom is -0.478 e. The number of hydrogen-bond acceptors (Lipinski definition) is 15. The van der Waals surface area contributed by atoms with E-state index in [1.807, 2.05) is 0 Å². The van der Waals surface area contributed by atoms with Crippen molar-refractivity contribution in [3.63, 3.8) is 0 Å². The smallest absolute Gasteiger partial charge is 0.450 e. The van der Waals surface area contributed by atoms with Gasteiger partial charge >= 0.3 is 30.3 Å². The van der Waals surface area contributed by atoms with Gasteiger partial charge in [0.05, 0.1) is 28.0 Å². The number of Topliss-reactive ketones (excluding diaryl/α,β-unsaturated/α-hetero) is 1. The standard InChI is InChI=1S/C20H16ClF4N3O7.C19H15ClF4N2O6.C2H4I2/c1-2-33-15(30)9-34-12-5-3-4-6-13(12)35-17-10(21)7-11(22)16(26-17)28-14(29)8-19(32,20(23,24)25)27-18(28)31;1-2-30-16(29)9-31-12-5-3-4-6-13(12)32-18-10(20)7-11(21)17(26-18)25-15(28)8-14(27)19(22,23)24;1-2(3)4/h3-7,32H,2,8-9H2,1H3,(H,27,31);3-7H,2,8-9H2,1H3,(H,25,26,28);2H,1H3. The molecule has 386 valence electrons. The van der Waals surface area contributed by atoms with E-state index < -0.39 is 120 Å². The third-order valence-corrected chi connectivity index (χ3v) is 8.48. The van der Waals surface area contributed by atoms with Crippen molar-refractivity contribution in [3.05, 3.63) is 82.3 Å². The maximum absolute atomic E-state index is 14.6. The van der Waals surface area contributed by atoms with Gasteiger partial charge in [-0.2, -0.15) is 36.3 Å². The van der Waals surface area contributed by atoms with Gasteiger partial charge in [-0.25, -0.2) is 28.1 Å². The number of aromatic nitrogens is 2. The molecule has 2 aromatic heterocycles. The van der Waals surface area contributed by atoms with E-state index in [1.165, 1.54) is 47.8 Å². The molecule has 18 nitrogen and oxygen atoms in total. The van der Waals surface area contributed by atoms with Crippen molar-refractivity contribution in [1.29, 1.82) is 0 Å². The number of urea groups is 1. The first kappa shape index (κ1) is 59.7. The SMILES string of the molecule is CC(I)I.CCOC(=O)COc1ccccc1Oc1nc(N2C(=O)CC(O)(C(F)(F)F)NC2=O)c(F)cc1Cl.CCOC(=O)COc1ccccc1Oc1nc(NC(=O)CC(=O)C(F)(F)F)c(F)cc1Cl. The highest BCUT2D eigenvalue weighted by atomic mass is 127. The molecule has 0 aliphatic carbocycles. The van der Waals surface area contributed by atoms with E-state index in [9.17, 15) is 69.0 Å². The van der Waals surface area contributed by atoms with Gasteiger partial charge in [0.1, 0.15) is 10.0 Å². The van der Waals surface area contributed by atoms with Gasteiger partial charge in [0, 0.05) is 12.1 Å². The number of ketones is 1. The van der Waals surface area contributed by atoms with Crippen LogP contribution in [0.5, 0.6) is 34.8 Å². The van der Waals surface area contributed by atoms with Gasteiger partial charge in [-0.3, -0.25) is 14.4 Å². The van der Waals surface area contributed by atoms with Gasteiger partial charge in [-0.15, -0.1) is 0 Å². The topological polar surface area (TPSA) is 231 Å². The second kappa shape index (κ2) is 26.7. The summed E-state index contributed by atoms with van der Waals surface area (Å²) < 4.78 is 136. The number of hydrogen-bond donors (Lipinski definition) is 3. The Balaban J connectivity index is 0.000000350. The van der Waals surface area contributed by atoms with E-state index in [-0.39, 0.29) is 46.1 Å². The maximum atomic E-state index is 14.6. The van der Waals surface area contributed by atoms with Crippen LogP contribution < -0.4 is 34.5 Å². The van der Waals surface area contributed by atoms with Crippen LogP contribution in [0, 0.1) is 11.6 Å². The van der Waals surface area contributed by atoms with Crippen molar-refractivity contribution in [3.8, 4) is 34.8 Å². The highest BCUT2D eigenvalue weighted by Crippen LogP contribution is 2.40. The van der Waals surface area contributed by atoms with Crippen LogP contribution in [0.2, 0.25) is 10.0 Å². The molecule has 1 aliphatic heterocycles. The Hall–Kier alpha value is -5.60. The summed E-state index contributed by atoms with van der Waals surface area (Å²) in [5.74, 6) is -12.0. The zero-order chi connectivity index (χ0) is 53.4. The molecule has 0 saturated carbocycles. The van der Waals surface area contributed by atoms with Crippen LogP contribution in [0.3, 0.4) is 0 Å². The number of pyridine rings is 2. The molecule has 4 aromatic rings. The number of alkyl halides is 8. The molecule has 1 atom stereocenters. The Morgan fingerprint density at radius 3 is 1.66 bits per heavy atom. The fourth-order valence-electron chi connectivity index (χ4n) is 4.97. The average molecular weight is 1280 g/mol. The van der Waals surface area contributed by atoms with Crippen molar-refractivity contribution < 1.29 is 97.4 Å². The average Bonchev–Trinajstić information content (AvgIpc) is 3.25. The number of nitrogens with one attached hydrogen (secondary N) is 2. The molecule has 1 saturated heterocycles. The number of aliphatic hydroxyl groups is 1. The van der Waals surface area contributed by atoms with Gasteiger partial charge < -0.3 is 44.2 Å². The molecular formula is C41H35Cl2F8I2N5O13. The molecular weight excluding hydrogens is 1250 g/mol. The Bertz CT molecular complexity index is 2560. The van der Waals surface area contributed by atoms with Crippen LogP contribution >= 0.6 is 68.4 Å². The number of amides is 4. The number of esters is 2. The summed E-state index contributed by atoms with van der Waals surface area (Å²) in [4.78, 5) is 77.4. The van der Waals surface area contributed by atoms with Crippen molar-refractivity contribution >= 4 is 116 Å². The van der Waals surface area contributed by atoms with E-state index >= 15 is 0 Å². The fraction of sp³-hybridized carbons (Fsp3) is 0.317. The second-order valence-electron chi connectivity index (χ2n) is 13.3. The lowest BCUT2D eigenvalue weighted by molar-refractivity contribution is -0.269. The number of anilines is 2. The third-order valence-electron chi connectivity index (χ3n) is 7.94. The Morgan fingerprint density at radius 1 is 0.803 bits per heavy atom. The van der Waals surface area contributed by atoms with E-state index in [0.29, 0.717) is 12.1 Å². The van der Waals surface area contributed by atoms with Crippen molar-refractivity contribution in [2.45, 2.75) is 53.6 Å². The summed E-state index contributed by atoms with van der Waals surface area (Å²) in [5, 5.41) is 11.8. The summed E-state index contributed by atoms with van der Waals surface area (Å²) >= 11 is 16.5. The van der Waals surface area contributed by atoms with Crippen molar-refractivity contribution in [1.82, 2.24) is 15.3 Å². The number of benzene rings is 2. The quantitative estimate of drug-likeness (QED) is 0.0312. The minimum absolute atomic E-state index is 0.00216. The molecule has 5 rings (SSSR count). The highest BCUT2D eigenvalue weighted by Gasteiger charge is 2.60. The number of rotatable bonds is 16. The minimum atomic E-state index is -5.38. The lowest BCUT2D eigenvalue weighted by Crippen LogP contribution is -2.68. The van der Waals surface area contributed by atoms with Crippen molar-refractivity contribution in [2.75, 3.05) is 36.6 Å².